The van der Waals surface area contributed by atoms with E-state index in [9.17, 15) is 0 Å². The molecule has 3 unspecified atom stereocenters. The molecule has 0 heterocycles. The SMILES string of the molecule is COC(C)OC(CO[SiH2]CCCN)(OC(C)OC)OC(C)OC. The Morgan fingerprint density at radius 2 is 1.30 bits per heavy atom. The van der Waals surface area contributed by atoms with E-state index in [-0.39, 0.29) is 6.61 Å². The Bertz CT molecular complexity index is 255. The highest BCUT2D eigenvalue weighted by Crippen LogP contribution is 2.23. The van der Waals surface area contributed by atoms with E-state index in [1.807, 2.05) is 0 Å². The minimum absolute atomic E-state index is 0.0961. The fraction of sp³-hybridized carbons (Fsp3) is 1.00. The lowest BCUT2D eigenvalue weighted by Crippen LogP contribution is -2.50. The Morgan fingerprint density at radius 3 is 1.65 bits per heavy atom. The van der Waals surface area contributed by atoms with Crippen LogP contribution >= 0.6 is 0 Å². The van der Waals surface area contributed by atoms with Crippen molar-refractivity contribution in [1.82, 2.24) is 0 Å². The van der Waals surface area contributed by atoms with Gasteiger partial charge in [0.25, 0.3) is 0 Å². The van der Waals surface area contributed by atoms with E-state index in [0.717, 1.165) is 12.5 Å². The van der Waals surface area contributed by atoms with Crippen molar-refractivity contribution in [3.8, 4) is 0 Å². The topological polar surface area (TPSA) is 90.6 Å². The first kappa shape index (κ1) is 22.9. The smallest absolute Gasteiger partial charge is 0.313 e. The van der Waals surface area contributed by atoms with Crippen molar-refractivity contribution in [2.24, 2.45) is 5.73 Å². The van der Waals surface area contributed by atoms with Gasteiger partial charge in [0, 0.05) is 21.3 Å². The summed E-state index contributed by atoms with van der Waals surface area (Å²) in [6, 6.07) is 0.978. The molecule has 0 aromatic rings. The van der Waals surface area contributed by atoms with Crippen molar-refractivity contribution in [1.29, 1.82) is 0 Å². The van der Waals surface area contributed by atoms with Gasteiger partial charge in [0.05, 0.1) is 0 Å². The number of nitrogens with two attached hydrogens (primary N) is 1. The van der Waals surface area contributed by atoms with Gasteiger partial charge in [-0.3, -0.25) is 14.2 Å². The van der Waals surface area contributed by atoms with Gasteiger partial charge in [-0.15, -0.1) is 0 Å². The van der Waals surface area contributed by atoms with Crippen LogP contribution in [0.15, 0.2) is 0 Å². The highest BCUT2D eigenvalue weighted by atomic mass is 28.2. The molecule has 0 bridgehead atoms. The van der Waals surface area contributed by atoms with E-state index in [1.54, 1.807) is 20.8 Å². The Balaban J connectivity index is 4.94. The first-order valence-corrected chi connectivity index (χ1v) is 9.40. The summed E-state index contributed by atoms with van der Waals surface area (Å²) in [5.41, 5.74) is 5.49. The fourth-order valence-corrected chi connectivity index (χ4v) is 2.73. The highest BCUT2D eigenvalue weighted by Gasteiger charge is 2.40. The normalized spacial score (nSPS) is 18.9. The van der Waals surface area contributed by atoms with E-state index >= 15 is 0 Å². The third kappa shape index (κ3) is 10.4. The monoisotopic (exact) mass is 355 g/mol. The molecule has 9 heteroatoms. The maximum absolute atomic E-state index is 5.78. The molecular weight excluding hydrogens is 322 g/mol. The van der Waals surface area contributed by atoms with Gasteiger partial charge in [-0.2, -0.15) is 0 Å². The van der Waals surface area contributed by atoms with Crippen LogP contribution in [0, 0.1) is 0 Å². The van der Waals surface area contributed by atoms with Gasteiger partial charge in [0.1, 0.15) is 6.61 Å². The van der Waals surface area contributed by atoms with Crippen LogP contribution in [-0.2, 0) is 32.8 Å². The molecule has 23 heavy (non-hydrogen) atoms. The molecule has 0 rings (SSSR count). The van der Waals surface area contributed by atoms with E-state index in [2.05, 4.69) is 0 Å². The Hall–Kier alpha value is -0.103. The molecule has 2 N–H and O–H groups in total. The predicted octanol–water partition coefficient (Wildman–Crippen LogP) is 0.535. The summed E-state index contributed by atoms with van der Waals surface area (Å²) >= 11 is 0. The van der Waals surface area contributed by atoms with Crippen molar-refractivity contribution in [2.45, 2.75) is 58.1 Å². The summed E-state index contributed by atoms with van der Waals surface area (Å²) in [6.45, 7) is 5.97. The molecule has 0 spiro atoms. The summed E-state index contributed by atoms with van der Waals surface area (Å²) in [5, 5.41) is 0. The van der Waals surface area contributed by atoms with Crippen LogP contribution in [0.1, 0.15) is 27.2 Å². The van der Waals surface area contributed by atoms with E-state index in [1.165, 1.54) is 21.3 Å². The van der Waals surface area contributed by atoms with Crippen molar-refractivity contribution < 1.29 is 32.8 Å². The first-order chi connectivity index (χ1) is 10.9. The van der Waals surface area contributed by atoms with Crippen LogP contribution < -0.4 is 5.73 Å². The lowest BCUT2D eigenvalue weighted by Gasteiger charge is -2.37. The van der Waals surface area contributed by atoms with Crippen LogP contribution in [0.3, 0.4) is 0 Å². The standard InChI is InChI=1S/C14H33NO7Si/c1-11(16-4)20-14(21-12(2)17-5,22-13(3)18-6)10-19-23-9-7-8-15/h11-13H,7-10,15,23H2,1-6H3. The van der Waals surface area contributed by atoms with Gasteiger partial charge in [-0.05, 0) is 39.8 Å². The second kappa shape index (κ2) is 13.2. The van der Waals surface area contributed by atoms with Gasteiger partial charge in [0.2, 0.25) is 0 Å². The molecular formula is C14H33NO7Si. The lowest BCUT2D eigenvalue weighted by atomic mass is 10.5. The van der Waals surface area contributed by atoms with Crippen LogP contribution in [0.5, 0.6) is 0 Å². The number of rotatable bonds is 15. The highest BCUT2D eigenvalue weighted by molar-refractivity contribution is 6.27. The summed E-state index contributed by atoms with van der Waals surface area (Å²) in [5.74, 6) is -1.48. The molecule has 0 fully saturated rings. The van der Waals surface area contributed by atoms with Crippen molar-refractivity contribution in [3.05, 3.63) is 0 Å². The molecule has 0 aromatic carbocycles. The quantitative estimate of drug-likeness (QED) is 0.258. The zero-order chi connectivity index (χ0) is 17.7. The maximum atomic E-state index is 5.78. The predicted molar refractivity (Wildman–Crippen MR) is 88.4 cm³/mol. The Kier molecular flexibility index (Phi) is 13.2. The minimum Gasteiger partial charge on any atom is -0.416 e. The van der Waals surface area contributed by atoms with Gasteiger partial charge in [0.15, 0.2) is 28.6 Å². The molecule has 140 valence electrons. The van der Waals surface area contributed by atoms with Crippen molar-refractivity contribution in [2.75, 3.05) is 34.5 Å². The average molecular weight is 356 g/mol. The van der Waals surface area contributed by atoms with Crippen LogP contribution in [0.2, 0.25) is 6.04 Å². The van der Waals surface area contributed by atoms with Gasteiger partial charge >= 0.3 is 5.97 Å². The second-order valence-corrected chi connectivity index (χ2v) is 6.52. The molecule has 8 nitrogen and oxygen atoms in total. The molecule has 0 saturated heterocycles. The largest absolute Gasteiger partial charge is 0.416 e. The van der Waals surface area contributed by atoms with E-state index in [0.29, 0.717) is 6.54 Å². The van der Waals surface area contributed by atoms with Crippen LogP contribution in [0.4, 0.5) is 0 Å². The molecule has 0 amide bonds. The summed E-state index contributed by atoms with van der Waals surface area (Å²) in [6.07, 6.45) is -0.730. The molecule has 0 saturated carbocycles. The van der Waals surface area contributed by atoms with Crippen molar-refractivity contribution in [3.63, 3.8) is 0 Å². The molecule has 0 aromatic heterocycles. The number of ether oxygens (including phenoxy) is 6. The zero-order valence-corrected chi connectivity index (χ0v) is 16.6. The summed E-state index contributed by atoms with van der Waals surface area (Å²) in [7, 11) is 3.86. The van der Waals surface area contributed by atoms with Gasteiger partial charge in [-0.1, -0.05) is 0 Å². The lowest BCUT2D eigenvalue weighted by molar-refractivity contribution is -0.469. The summed E-state index contributed by atoms with van der Waals surface area (Å²) < 4.78 is 38.6. The Labute approximate surface area is 141 Å². The molecule has 3 atom stereocenters. The zero-order valence-electron chi connectivity index (χ0n) is 15.2. The molecule has 0 aliphatic rings. The first-order valence-electron chi connectivity index (χ1n) is 7.82. The number of hydrogen-bond donors (Lipinski definition) is 1. The van der Waals surface area contributed by atoms with Gasteiger partial charge < -0.3 is 24.4 Å². The molecule has 0 aliphatic heterocycles. The third-order valence-electron chi connectivity index (χ3n) is 3.05. The van der Waals surface area contributed by atoms with Crippen LogP contribution in [-0.4, -0.2) is 69.1 Å². The van der Waals surface area contributed by atoms with E-state index < -0.39 is 34.6 Å². The maximum Gasteiger partial charge on any atom is 0.313 e. The second-order valence-electron chi connectivity index (χ2n) is 4.99. The fourth-order valence-electron chi connectivity index (χ4n) is 1.63. The number of methoxy groups -OCH3 is 3. The minimum atomic E-state index is -1.48. The van der Waals surface area contributed by atoms with Crippen molar-refractivity contribution >= 4 is 9.76 Å². The van der Waals surface area contributed by atoms with Crippen LogP contribution in [0.25, 0.3) is 0 Å². The molecule has 0 radical (unpaired) electrons. The average Bonchev–Trinajstić information content (AvgIpc) is 2.54. The van der Waals surface area contributed by atoms with E-state index in [4.69, 9.17) is 38.6 Å². The number of hydrogen-bond acceptors (Lipinski definition) is 8. The Morgan fingerprint density at radius 1 is 0.870 bits per heavy atom. The third-order valence-corrected chi connectivity index (χ3v) is 4.34. The van der Waals surface area contributed by atoms with Gasteiger partial charge in [-0.25, -0.2) is 0 Å². The summed E-state index contributed by atoms with van der Waals surface area (Å²) in [4.78, 5) is 0. The molecule has 0 aliphatic carbocycles.